The van der Waals surface area contributed by atoms with E-state index < -0.39 is 48.6 Å². The van der Waals surface area contributed by atoms with E-state index in [4.69, 9.17) is 0 Å². The third-order valence-electron chi connectivity index (χ3n) is 6.03. The van der Waals surface area contributed by atoms with Crippen molar-refractivity contribution in [1.29, 1.82) is 0 Å². The number of nitrogens with one attached hydrogen (secondary N) is 1. The number of aromatic nitrogens is 3. The molecule has 0 aliphatic carbocycles. The summed E-state index contributed by atoms with van der Waals surface area (Å²) in [5.74, 6) is -4.26. The molecule has 0 bridgehead atoms. The molecule has 0 radical (unpaired) electrons. The molecular weight excluding hydrogens is 501 g/mol. The van der Waals surface area contributed by atoms with Crippen molar-refractivity contribution >= 4 is 23.1 Å². The Hall–Kier alpha value is -3.15. The number of hydrogen-bond donors (Lipinski definition) is 1. The maximum atomic E-state index is 14.6. The molecule has 12 heteroatoms. The lowest BCUT2D eigenvalue weighted by atomic mass is 9.88. The zero-order valence-electron chi connectivity index (χ0n) is 19.7. The van der Waals surface area contributed by atoms with Crippen molar-refractivity contribution in [2.75, 3.05) is 18.4 Å². The van der Waals surface area contributed by atoms with Crippen LogP contribution < -0.4 is 5.32 Å². The highest BCUT2D eigenvalue weighted by molar-refractivity contribution is 7.15. The van der Waals surface area contributed by atoms with E-state index in [2.05, 4.69) is 20.3 Å². The number of thiazole rings is 1. The molecule has 36 heavy (non-hydrogen) atoms. The fraction of sp³-hybridized carbons (Fsp3) is 0.417. The van der Waals surface area contributed by atoms with E-state index in [0.717, 1.165) is 22.2 Å². The Morgan fingerprint density at radius 2 is 1.86 bits per heavy atom. The number of nitrogens with zero attached hydrogens (tertiary/aromatic N) is 4. The summed E-state index contributed by atoms with van der Waals surface area (Å²) in [6.07, 6.45) is -3.53. The number of likely N-dealkylation sites (tertiary alicyclic amines) is 1. The molecule has 1 aromatic carbocycles. The third-order valence-corrected chi connectivity index (χ3v) is 7.05. The summed E-state index contributed by atoms with van der Waals surface area (Å²) in [6.45, 7) is 4.51. The highest BCUT2D eigenvalue weighted by atomic mass is 32.1. The van der Waals surface area contributed by atoms with Gasteiger partial charge in [0, 0.05) is 13.0 Å². The number of anilines is 1. The number of halogens is 5. The molecule has 1 N–H and O–H groups in total. The van der Waals surface area contributed by atoms with Gasteiger partial charge in [-0.25, -0.2) is 23.7 Å². The van der Waals surface area contributed by atoms with Crippen molar-refractivity contribution < 1.29 is 26.7 Å². The van der Waals surface area contributed by atoms with Gasteiger partial charge in [-0.3, -0.25) is 4.79 Å². The van der Waals surface area contributed by atoms with Gasteiger partial charge >= 0.3 is 6.18 Å². The summed E-state index contributed by atoms with van der Waals surface area (Å²) in [6, 6.07) is 6.83. The number of amides is 1. The Morgan fingerprint density at radius 1 is 1.17 bits per heavy atom. The summed E-state index contributed by atoms with van der Waals surface area (Å²) in [4.78, 5) is 26.8. The Bertz CT molecular complexity index is 1230. The smallest absolute Gasteiger partial charge is 0.367 e. The van der Waals surface area contributed by atoms with Gasteiger partial charge in [-0.1, -0.05) is 36.8 Å². The molecule has 0 unspecified atom stereocenters. The summed E-state index contributed by atoms with van der Waals surface area (Å²) in [5.41, 5.74) is 0.763. The van der Waals surface area contributed by atoms with Crippen molar-refractivity contribution in [3.8, 4) is 10.4 Å². The zero-order valence-corrected chi connectivity index (χ0v) is 20.6. The van der Waals surface area contributed by atoms with Gasteiger partial charge < -0.3 is 10.2 Å². The zero-order chi connectivity index (χ0) is 26.3. The van der Waals surface area contributed by atoms with Gasteiger partial charge in [0.2, 0.25) is 0 Å². The largest absolute Gasteiger partial charge is 0.434 e. The lowest BCUT2D eigenvalue weighted by Crippen LogP contribution is -2.57. The molecule has 192 valence electrons. The summed E-state index contributed by atoms with van der Waals surface area (Å²) in [7, 11) is 0. The first-order chi connectivity index (χ1) is 16.8. The van der Waals surface area contributed by atoms with E-state index in [0.29, 0.717) is 16.1 Å². The van der Waals surface area contributed by atoms with Gasteiger partial charge in [-0.15, -0.1) is 11.3 Å². The Morgan fingerprint density at radius 3 is 2.47 bits per heavy atom. The molecule has 1 aliphatic heterocycles. The number of carbonyl (C=O) groups excluding carboxylic acids is 1. The summed E-state index contributed by atoms with van der Waals surface area (Å²) in [5, 5.41) is 3.47. The van der Waals surface area contributed by atoms with Crippen LogP contribution in [0.3, 0.4) is 0 Å². The molecule has 1 amide bonds. The SMILES string of the molecule is Cc1ccc(-c2sc(C)nc2C(=O)N2CC(F)(F)C[C@@H](C)[C@H]2CNc2cnc(C(F)(F)F)cn2)cc1. The number of carbonyl (C=O) groups is 1. The minimum atomic E-state index is -4.63. The van der Waals surface area contributed by atoms with Crippen LogP contribution in [0, 0.1) is 19.8 Å². The lowest BCUT2D eigenvalue weighted by molar-refractivity contribution is -0.141. The summed E-state index contributed by atoms with van der Waals surface area (Å²) < 4.78 is 67.4. The normalized spacial score (nSPS) is 19.8. The van der Waals surface area contributed by atoms with E-state index >= 15 is 0 Å². The second-order valence-corrected chi connectivity index (χ2v) is 10.2. The highest BCUT2D eigenvalue weighted by Crippen LogP contribution is 2.37. The average molecular weight is 526 g/mol. The molecule has 3 aromatic rings. The fourth-order valence-corrected chi connectivity index (χ4v) is 5.18. The second kappa shape index (κ2) is 9.72. The van der Waals surface area contributed by atoms with Crippen molar-refractivity contribution in [3.63, 3.8) is 0 Å². The van der Waals surface area contributed by atoms with Gasteiger partial charge in [0.25, 0.3) is 11.8 Å². The van der Waals surface area contributed by atoms with Crippen LogP contribution >= 0.6 is 11.3 Å². The Balaban J connectivity index is 1.60. The first kappa shape index (κ1) is 25.9. The third kappa shape index (κ3) is 5.63. The van der Waals surface area contributed by atoms with Crippen molar-refractivity contribution in [2.45, 2.75) is 45.3 Å². The topological polar surface area (TPSA) is 71.0 Å². The van der Waals surface area contributed by atoms with Crippen LogP contribution in [0.4, 0.5) is 27.8 Å². The predicted octanol–water partition coefficient (Wildman–Crippen LogP) is 5.83. The van der Waals surface area contributed by atoms with Crippen molar-refractivity contribution in [1.82, 2.24) is 19.9 Å². The molecule has 3 heterocycles. The standard InChI is InChI=1S/C24H24F5N5OS/c1-13-4-6-16(7-5-13)21-20(33-15(3)36-21)22(35)34-12-23(25,26)8-14(2)17(34)9-31-19-11-30-18(10-32-19)24(27,28)29/h4-7,10-11,14,17H,8-9,12H2,1-3H3,(H,31,32)/t14-,17-/m1/s1. The Kier molecular flexibility index (Phi) is 7.00. The van der Waals surface area contributed by atoms with Gasteiger partial charge in [-0.05, 0) is 25.3 Å². The summed E-state index contributed by atoms with van der Waals surface area (Å²) >= 11 is 1.31. The molecule has 2 aromatic heterocycles. The molecule has 6 nitrogen and oxygen atoms in total. The van der Waals surface area contributed by atoms with E-state index in [1.165, 1.54) is 11.3 Å². The first-order valence-electron chi connectivity index (χ1n) is 11.2. The van der Waals surface area contributed by atoms with Crippen LogP contribution in [0.2, 0.25) is 0 Å². The maximum Gasteiger partial charge on any atom is 0.434 e. The van der Waals surface area contributed by atoms with Crippen molar-refractivity contribution in [3.05, 3.63) is 58.6 Å². The van der Waals surface area contributed by atoms with Crippen molar-refractivity contribution in [2.24, 2.45) is 5.92 Å². The molecule has 0 spiro atoms. The minimum Gasteiger partial charge on any atom is -0.367 e. The predicted molar refractivity (Wildman–Crippen MR) is 126 cm³/mol. The molecule has 0 saturated carbocycles. The lowest BCUT2D eigenvalue weighted by Gasteiger charge is -2.43. The van der Waals surface area contributed by atoms with Crippen LogP contribution in [0.15, 0.2) is 36.7 Å². The highest BCUT2D eigenvalue weighted by Gasteiger charge is 2.47. The molecule has 1 saturated heterocycles. The number of aryl methyl sites for hydroxylation is 2. The first-order valence-corrected chi connectivity index (χ1v) is 12.0. The van der Waals surface area contributed by atoms with E-state index in [9.17, 15) is 26.7 Å². The van der Waals surface area contributed by atoms with Crippen LogP contribution in [-0.2, 0) is 6.18 Å². The fourth-order valence-electron chi connectivity index (χ4n) is 4.26. The molecule has 1 fully saturated rings. The minimum absolute atomic E-state index is 0.00597. The van der Waals surface area contributed by atoms with Crippen LogP contribution in [0.5, 0.6) is 0 Å². The number of hydrogen-bond acceptors (Lipinski definition) is 6. The van der Waals surface area contributed by atoms with Crippen LogP contribution in [0.1, 0.15) is 40.1 Å². The molecule has 4 rings (SSSR count). The van der Waals surface area contributed by atoms with E-state index in [-0.39, 0.29) is 18.1 Å². The molecular formula is C24H24F5N5OS. The van der Waals surface area contributed by atoms with Crippen LogP contribution in [-0.4, -0.2) is 50.8 Å². The average Bonchev–Trinajstić information content (AvgIpc) is 3.19. The number of piperidine rings is 1. The molecule has 1 aliphatic rings. The maximum absolute atomic E-state index is 14.6. The second-order valence-electron chi connectivity index (χ2n) is 8.98. The van der Waals surface area contributed by atoms with Crippen LogP contribution in [0.25, 0.3) is 10.4 Å². The van der Waals surface area contributed by atoms with E-state index in [1.54, 1.807) is 13.8 Å². The number of rotatable bonds is 5. The number of alkyl halides is 5. The quantitative estimate of drug-likeness (QED) is 0.424. The van der Waals surface area contributed by atoms with Gasteiger partial charge in [0.1, 0.15) is 11.5 Å². The number of benzene rings is 1. The van der Waals surface area contributed by atoms with Gasteiger partial charge in [0.15, 0.2) is 5.69 Å². The monoisotopic (exact) mass is 525 g/mol. The van der Waals surface area contributed by atoms with Gasteiger partial charge in [-0.2, -0.15) is 13.2 Å². The van der Waals surface area contributed by atoms with E-state index in [1.807, 2.05) is 31.2 Å². The Labute approximate surface area is 208 Å². The molecule has 2 atom stereocenters. The van der Waals surface area contributed by atoms with Gasteiger partial charge in [0.05, 0.1) is 34.9 Å².